The highest BCUT2D eigenvalue weighted by atomic mass is 35.5. The number of aromatic nitrogens is 4. The predicted octanol–water partition coefficient (Wildman–Crippen LogP) is 4.85. The van der Waals surface area contributed by atoms with E-state index in [1.165, 1.54) is 0 Å². The van der Waals surface area contributed by atoms with Crippen LogP contribution in [0.25, 0.3) is 16.9 Å². The van der Waals surface area contributed by atoms with Crippen molar-refractivity contribution in [3.05, 3.63) is 53.9 Å². The Morgan fingerprint density at radius 3 is 2.31 bits per heavy atom. The van der Waals surface area contributed by atoms with E-state index in [2.05, 4.69) is 43.3 Å². The predicted molar refractivity (Wildman–Crippen MR) is 177 cm³/mol. The Morgan fingerprint density at radius 1 is 0.881 bits per heavy atom. The van der Waals surface area contributed by atoms with Gasteiger partial charge in [0.1, 0.15) is 23.0 Å². The number of hydrogen-bond acceptors (Lipinski definition) is 9. The average Bonchev–Trinajstić information content (AvgIpc) is 3.64. The number of imidazole rings is 1. The molecule has 0 saturated carbocycles. The molecule has 10 nitrogen and oxygen atoms in total. The number of nitrogens with one attached hydrogen (secondary N) is 1. The zero-order chi connectivity index (χ0) is 26.9. The Labute approximate surface area is 269 Å². The molecule has 4 aromatic rings. The maximum Gasteiger partial charge on any atom is 0.227 e. The molecule has 6 rings (SSSR count). The minimum Gasteiger partial charge on any atom is -0.496 e. The molecule has 14 heteroatoms. The summed E-state index contributed by atoms with van der Waals surface area (Å²) in [6.45, 7) is 5.51. The van der Waals surface area contributed by atoms with E-state index in [1.54, 1.807) is 20.3 Å². The molecule has 0 amide bonds. The zero-order valence-corrected chi connectivity index (χ0v) is 26.9. The number of benzene rings is 1. The molecule has 228 valence electrons. The average molecular weight is 658 g/mol. The normalized spacial score (nSPS) is 16.5. The Bertz CT molecular complexity index is 1480. The van der Waals surface area contributed by atoms with Gasteiger partial charge in [0.05, 0.1) is 24.9 Å². The molecule has 2 saturated heterocycles. The lowest BCUT2D eigenvalue weighted by Crippen LogP contribution is -2.47. The number of ether oxygens (including phenoxy) is 2. The van der Waals surface area contributed by atoms with Crippen LogP contribution in [0.15, 0.2) is 48.9 Å². The Morgan fingerprint density at radius 2 is 1.62 bits per heavy atom. The fourth-order valence-corrected chi connectivity index (χ4v) is 5.64. The summed E-state index contributed by atoms with van der Waals surface area (Å²) in [5, 5.41) is 3.88. The van der Waals surface area contributed by atoms with Gasteiger partial charge in [-0.3, -0.25) is 0 Å². The van der Waals surface area contributed by atoms with E-state index in [0.29, 0.717) is 22.6 Å². The molecule has 1 atom stereocenters. The number of methoxy groups -OCH3 is 2. The number of likely N-dealkylation sites (N-methyl/N-ethyl adjacent to an activating group) is 1. The smallest absolute Gasteiger partial charge is 0.227 e. The van der Waals surface area contributed by atoms with Crippen molar-refractivity contribution in [1.29, 1.82) is 0 Å². The van der Waals surface area contributed by atoms with Crippen LogP contribution in [0.2, 0.25) is 5.02 Å². The van der Waals surface area contributed by atoms with Crippen LogP contribution in [-0.2, 0) is 0 Å². The van der Waals surface area contributed by atoms with E-state index in [1.807, 2.05) is 36.0 Å². The van der Waals surface area contributed by atoms with Crippen LogP contribution in [0.3, 0.4) is 0 Å². The van der Waals surface area contributed by atoms with Gasteiger partial charge >= 0.3 is 0 Å². The van der Waals surface area contributed by atoms with Crippen LogP contribution in [-0.4, -0.2) is 85.9 Å². The third-order valence-electron chi connectivity index (χ3n) is 7.67. The van der Waals surface area contributed by atoms with Gasteiger partial charge in [-0.15, -0.1) is 37.2 Å². The van der Waals surface area contributed by atoms with Crippen molar-refractivity contribution in [2.75, 3.05) is 75.2 Å². The van der Waals surface area contributed by atoms with Gasteiger partial charge in [-0.25, -0.2) is 9.97 Å². The van der Waals surface area contributed by atoms with Crippen LogP contribution in [0.1, 0.15) is 6.42 Å². The van der Waals surface area contributed by atoms with Gasteiger partial charge in [0.15, 0.2) is 0 Å². The van der Waals surface area contributed by atoms with Gasteiger partial charge in [-0.1, -0.05) is 11.6 Å². The Kier molecular flexibility index (Phi) is 11.6. The topological polar surface area (TPSA) is 83.3 Å². The first kappa shape index (κ1) is 33.6. The largest absolute Gasteiger partial charge is 0.496 e. The molecule has 1 N–H and O–H groups in total. The molecule has 0 spiro atoms. The Hall–Kier alpha value is -2.89. The fourth-order valence-electron chi connectivity index (χ4n) is 5.40. The Balaban J connectivity index is 0.00000161. The summed E-state index contributed by atoms with van der Waals surface area (Å²) in [5.74, 6) is 3.05. The van der Waals surface area contributed by atoms with Gasteiger partial charge in [-0.2, -0.15) is 4.98 Å². The lowest BCUT2D eigenvalue weighted by atomic mass is 10.1. The van der Waals surface area contributed by atoms with Crippen LogP contribution < -0.4 is 29.5 Å². The third kappa shape index (κ3) is 6.68. The molecule has 5 heterocycles. The van der Waals surface area contributed by atoms with Crippen molar-refractivity contribution in [2.24, 2.45) is 0 Å². The fraction of sp³-hybridized carbons (Fsp3) is 0.393. The molecule has 2 fully saturated rings. The number of fused-ring (bicyclic) bond motifs is 1. The number of nitrogens with zero attached hydrogens (tertiary/aromatic N) is 7. The molecule has 2 aliphatic heterocycles. The lowest BCUT2D eigenvalue weighted by molar-refractivity contribution is 0.395. The van der Waals surface area contributed by atoms with E-state index >= 15 is 0 Å². The van der Waals surface area contributed by atoms with Crippen molar-refractivity contribution < 1.29 is 9.47 Å². The zero-order valence-electron chi connectivity index (χ0n) is 23.7. The SMILES string of the molecule is CNC1CCN(c2nccc(N3CCN(c4ccn5cc(-c6cc(Cl)c(OC)cc6OC)nc5c4)CC3)n2)C1.Cl.Cl.Cl. The van der Waals surface area contributed by atoms with Crippen LogP contribution in [0, 0.1) is 0 Å². The highest BCUT2D eigenvalue weighted by Gasteiger charge is 2.25. The quantitative estimate of drug-likeness (QED) is 0.300. The van der Waals surface area contributed by atoms with Crippen LogP contribution in [0.5, 0.6) is 11.5 Å². The molecule has 42 heavy (non-hydrogen) atoms. The first-order chi connectivity index (χ1) is 19.1. The minimum absolute atomic E-state index is 0. The van der Waals surface area contributed by atoms with E-state index in [0.717, 1.165) is 80.0 Å². The maximum atomic E-state index is 6.40. The molecular formula is C28H36Cl4N8O2. The first-order valence-electron chi connectivity index (χ1n) is 13.2. The second-order valence-corrected chi connectivity index (χ2v) is 10.3. The van der Waals surface area contributed by atoms with Crippen molar-refractivity contribution in [2.45, 2.75) is 12.5 Å². The molecular weight excluding hydrogens is 622 g/mol. The number of hydrogen-bond donors (Lipinski definition) is 1. The van der Waals surface area contributed by atoms with Gasteiger partial charge in [-0.05, 0) is 31.7 Å². The minimum atomic E-state index is 0. The van der Waals surface area contributed by atoms with Gasteiger partial charge in [0, 0.05) is 87.3 Å². The summed E-state index contributed by atoms with van der Waals surface area (Å²) in [5.41, 5.74) is 3.63. The molecule has 0 bridgehead atoms. The summed E-state index contributed by atoms with van der Waals surface area (Å²) in [7, 11) is 5.24. The second kappa shape index (κ2) is 14.5. The van der Waals surface area contributed by atoms with E-state index in [9.17, 15) is 0 Å². The van der Waals surface area contributed by atoms with E-state index in [4.69, 9.17) is 31.0 Å². The van der Waals surface area contributed by atoms with Crippen LogP contribution in [0.4, 0.5) is 17.5 Å². The lowest BCUT2D eigenvalue weighted by Gasteiger charge is -2.36. The number of halogens is 4. The molecule has 1 unspecified atom stereocenters. The van der Waals surface area contributed by atoms with Crippen molar-refractivity contribution >= 4 is 71.9 Å². The molecule has 3 aromatic heterocycles. The molecule has 2 aliphatic rings. The standard InChI is InChI=1S/C28H33ClN8O2.3ClH/c1-30-19-5-8-37(17-19)28-31-7-4-26(33-28)35-12-10-34(11-13-35)20-6-9-36-18-23(32-27(36)14-20)21-15-22(29)25(39-3)16-24(21)38-2;;;/h4,6-7,9,14-16,18-19,30H,5,8,10-13,17H2,1-3H3;3*1H. The van der Waals surface area contributed by atoms with Crippen molar-refractivity contribution in [3.8, 4) is 22.8 Å². The number of pyridine rings is 1. The molecule has 0 aliphatic carbocycles. The van der Waals surface area contributed by atoms with Gasteiger partial charge in [0.25, 0.3) is 0 Å². The summed E-state index contributed by atoms with van der Waals surface area (Å²) in [6, 6.07) is 10.4. The molecule has 1 aromatic carbocycles. The van der Waals surface area contributed by atoms with Crippen molar-refractivity contribution in [1.82, 2.24) is 24.7 Å². The monoisotopic (exact) mass is 656 g/mol. The van der Waals surface area contributed by atoms with Crippen molar-refractivity contribution in [3.63, 3.8) is 0 Å². The van der Waals surface area contributed by atoms with Crippen LogP contribution >= 0.6 is 48.8 Å². The number of piperazine rings is 1. The summed E-state index contributed by atoms with van der Waals surface area (Å²) in [6.07, 6.45) is 7.04. The third-order valence-corrected chi connectivity index (χ3v) is 7.97. The maximum absolute atomic E-state index is 6.40. The number of rotatable bonds is 7. The van der Waals surface area contributed by atoms with E-state index in [-0.39, 0.29) is 37.2 Å². The highest BCUT2D eigenvalue weighted by Crippen LogP contribution is 2.38. The number of anilines is 3. The second-order valence-electron chi connectivity index (χ2n) is 9.87. The summed E-state index contributed by atoms with van der Waals surface area (Å²) in [4.78, 5) is 21.3. The molecule has 0 radical (unpaired) electrons. The van der Waals surface area contributed by atoms with Gasteiger partial charge in [0.2, 0.25) is 5.95 Å². The summed E-state index contributed by atoms with van der Waals surface area (Å²) < 4.78 is 12.9. The summed E-state index contributed by atoms with van der Waals surface area (Å²) >= 11 is 6.40. The van der Waals surface area contributed by atoms with Gasteiger partial charge < -0.3 is 33.9 Å². The van der Waals surface area contributed by atoms with E-state index < -0.39 is 0 Å². The first-order valence-corrected chi connectivity index (χ1v) is 13.6. The highest BCUT2D eigenvalue weighted by molar-refractivity contribution is 6.32.